The number of unbranched alkanes of at least 4 members (excludes halogenated alkanes) is 1. The van der Waals surface area contributed by atoms with E-state index in [4.69, 9.17) is 0 Å². The summed E-state index contributed by atoms with van der Waals surface area (Å²) >= 11 is 0. The molecule has 2 rings (SSSR count). The largest absolute Gasteiger partial charge is 0.356 e. The summed E-state index contributed by atoms with van der Waals surface area (Å²) in [5.41, 5.74) is 1.51. The van der Waals surface area contributed by atoms with E-state index in [1.54, 1.807) is 12.1 Å². The minimum Gasteiger partial charge on any atom is -0.356 e. The third kappa shape index (κ3) is 5.54. The number of hydrogen-bond acceptors (Lipinski definition) is 2. The van der Waals surface area contributed by atoms with Crippen LogP contribution in [0.3, 0.4) is 0 Å². The van der Waals surface area contributed by atoms with Crippen LogP contribution in [0.5, 0.6) is 0 Å². The Hall–Kier alpha value is -2.62. The molecule has 2 amide bonds. The average Bonchev–Trinajstić information content (AvgIpc) is 2.63. The number of nitrogens with one attached hydrogen (secondary N) is 2. The Labute approximate surface area is 143 Å². The lowest BCUT2D eigenvalue weighted by Gasteiger charge is -2.19. The summed E-state index contributed by atoms with van der Waals surface area (Å²) in [6.45, 7) is 2.75. The number of hydrogen-bond donors (Lipinski definition) is 2. The molecule has 4 nitrogen and oxygen atoms in total. The first-order chi connectivity index (χ1) is 11.7. The molecule has 126 valence electrons. The van der Waals surface area contributed by atoms with E-state index in [0.29, 0.717) is 12.1 Å². The molecule has 2 aromatic rings. The van der Waals surface area contributed by atoms with E-state index in [0.717, 1.165) is 18.4 Å². The second-order valence-electron chi connectivity index (χ2n) is 5.71. The van der Waals surface area contributed by atoms with Gasteiger partial charge in [-0.15, -0.1) is 0 Å². The average molecular weight is 324 g/mol. The molecule has 0 heterocycles. The van der Waals surface area contributed by atoms with Crippen LogP contribution in [0, 0.1) is 0 Å². The lowest BCUT2D eigenvalue weighted by Crippen LogP contribution is -2.34. The van der Waals surface area contributed by atoms with Crippen molar-refractivity contribution in [2.75, 3.05) is 6.54 Å². The number of carbonyl (C=O) groups excluding carboxylic acids is 2. The third-order valence-corrected chi connectivity index (χ3v) is 3.79. The van der Waals surface area contributed by atoms with Crippen molar-refractivity contribution < 1.29 is 9.59 Å². The van der Waals surface area contributed by atoms with Crippen molar-refractivity contribution in [1.82, 2.24) is 10.6 Å². The standard InChI is InChI=1S/C20H24N2O2/c1-2-3-14-21-19(23)15-18(16-10-6-4-7-11-16)22-20(24)17-12-8-5-9-13-17/h4-13,18H,2-3,14-15H2,1H3,(H,21,23)(H,22,24)/t18-/m0/s1. The van der Waals surface area contributed by atoms with Crippen molar-refractivity contribution in [3.8, 4) is 0 Å². The van der Waals surface area contributed by atoms with Crippen LogP contribution in [0.15, 0.2) is 60.7 Å². The van der Waals surface area contributed by atoms with E-state index in [1.807, 2.05) is 48.5 Å². The summed E-state index contributed by atoms with van der Waals surface area (Å²) in [6.07, 6.45) is 2.22. The van der Waals surface area contributed by atoms with Gasteiger partial charge in [-0.1, -0.05) is 61.9 Å². The molecule has 0 unspecified atom stereocenters. The van der Waals surface area contributed by atoms with Crippen molar-refractivity contribution >= 4 is 11.8 Å². The molecule has 0 aliphatic heterocycles. The molecule has 4 heteroatoms. The van der Waals surface area contributed by atoms with Crippen molar-refractivity contribution in [3.63, 3.8) is 0 Å². The van der Waals surface area contributed by atoms with Gasteiger partial charge < -0.3 is 10.6 Å². The molecule has 0 spiro atoms. The molecule has 0 aliphatic carbocycles. The lowest BCUT2D eigenvalue weighted by atomic mass is 10.0. The van der Waals surface area contributed by atoms with Gasteiger partial charge in [-0.05, 0) is 24.1 Å². The SMILES string of the molecule is CCCCNC(=O)C[C@H](NC(=O)c1ccccc1)c1ccccc1. The van der Waals surface area contributed by atoms with Gasteiger partial charge in [-0.25, -0.2) is 0 Å². The fourth-order valence-corrected chi connectivity index (χ4v) is 2.43. The highest BCUT2D eigenvalue weighted by Crippen LogP contribution is 2.17. The number of amides is 2. The number of rotatable bonds is 8. The van der Waals surface area contributed by atoms with Gasteiger partial charge in [0.25, 0.3) is 5.91 Å². The highest BCUT2D eigenvalue weighted by atomic mass is 16.2. The Balaban J connectivity index is 2.06. The first-order valence-corrected chi connectivity index (χ1v) is 8.38. The van der Waals surface area contributed by atoms with Crippen molar-refractivity contribution in [3.05, 3.63) is 71.8 Å². The Morgan fingerprint density at radius 1 is 0.958 bits per heavy atom. The van der Waals surface area contributed by atoms with Crippen LogP contribution in [0.4, 0.5) is 0 Å². The predicted molar refractivity (Wildman–Crippen MR) is 95.6 cm³/mol. The number of carbonyl (C=O) groups is 2. The van der Waals surface area contributed by atoms with E-state index < -0.39 is 0 Å². The molecule has 0 aliphatic rings. The molecule has 0 aromatic heterocycles. The second-order valence-corrected chi connectivity index (χ2v) is 5.71. The molecule has 0 fully saturated rings. The second kappa shape index (κ2) is 9.50. The lowest BCUT2D eigenvalue weighted by molar-refractivity contribution is -0.121. The molecule has 2 aromatic carbocycles. The van der Waals surface area contributed by atoms with Gasteiger partial charge in [-0.3, -0.25) is 9.59 Å². The summed E-state index contributed by atoms with van der Waals surface area (Å²) in [4.78, 5) is 24.6. The van der Waals surface area contributed by atoms with Crippen LogP contribution < -0.4 is 10.6 Å². The molecule has 0 bridgehead atoms. The molecule has 0 saturated carbocycles. The maximum absolute atomic E-state index is 12.4. The molecule has 0 saturated heterocycles. The normalized spacial score (nSPS) is 11.5. The van der Waals surface area contributed by atoms with Crippen LogP contribution in [-0.2, 0) is 4.79 Å². The Kier molecular flexibility index (Phi) is 7.02. The van der Waals surface area contributed by atoms with Gasteiger partial charge in [0.05, 0.1) is 12.5 Å². The van der Waals surface area contributed by atoms with E-state index in [2.05, 4.69) is 17.6 Å². The maximum atomic E-state index is 12.4. The van der Waals surface area contributed by atoms with Gasteiger partial charge in [0, 0.05) is 12.1 Å². The highest BCUT2D eigenvalue weighted by molar-refractivity contribution is 5.94. The third-order valence-electron chi connectivity index (χ3n) is 3.79. The fourth-order valence-electron chi connectivity index (χ4n) is 2.43. The van der Waals surface area contributed by atoms with Gasteiger partial charge in [0.2, 0.25) is 5.91 Å². The van der Waals surface area contributed by atoms with Crippen molar-refractivity contribution in [1.29, 1.82) is 0 Å². The summed E-state index contributed by atoms with van der Waals surface area (Å²) in [5, 5.41) is 5.88. The quantitative estimate of drug-likeness (QED) is 0.731. The van der Waals surface area contributed by atoms with Gasteiger partial charge >= 0.3 is 0 Å². The minimum atomic E-state index is -0.347. The molecular formula is C20H24N2O2. The van der Waals surface area contributed by atoms with Crippen LogP contribution in [0.2, 0.25) is 0 Å². The Morgan fingerprint density at radius 2 is 1.58 bits per heavy atom. The Bertz CT molecular complexity index is 641. The highest BCUT2D eigenvalue weighted by Gasteiger charge is 2.18. The zero-order valence-corrected chi connectivity index (χ0v) is 14.0. The van der Waals surface area contributed by atoms with Crippen LogP contribution >= 0.6 is 0 Å². The summed E-state index contributed by atoms with van der Waals surface area (Å²) in [7, 11) is 0. The van der Waals surface area contributed by atoms with Crippen molar-refractivity contribution in [2.45, 2.75) is 32.2 Å². The molecule has 2 N–H and O–H groups in total. The number of benzene rings is 2. The van der Waals surface area contributed by atoms with Crippen LogP contribution in [0.1, 0.15) is 48.1 Å². The van der Waals surface area contributed by atoms with Crippen LogP contribution in [0.25, 0.3) is 0 Å². The van der Waals surface area contributed by atoms with E-state index in [1.165, 1.54) is 0 Å². The van der Waals surface area contributed by atoms with E-state index in [9.17, 15) is 9.59 Å². The monoisotopic (exact) mass is 324 g/mol. The predicted octanol–water partition coefficient (Wildman–Crippen LogP) is 3.46. The zero-order chi connectivity index (χ0) is 17.2. The Morgan fingerprint density at radius 3 is 2.21 bits per heavy atom. The fraction of sp³-hybridized carbons (Fsp3) is 0.300. The minimum absolute atomic E-state index is 0.0503. The van der Waals surface area contributed by atoms with Crippen LogP contribution in [-0.4, -0.2) is 18.4 Å². The molecule has 0 radical (unpaired) electrons. The summed E-state index contributed by atoms with van der Waals surface area (Å²) in [5.74, 6) is -0.225. The molecule has 1 atom stereocenters. The van der Waals surface area contributed by atoms with Gasteiger partial charge in [-0.2, -0.15) is 0 Å². The van der Waals surface area contributed by atoms with Gasteiger partial charge in [0.1, 0.15) is 0 Å². The smallest absolute Gasteiger partial charge is 0.251 e. The maximum Gasteiger partial charge on any atom is 0.251 e. The van der Waals surface area contributed by atoms with Gasteiger partial charge in [0.15, 0.2) is 0 Å². The summed E-state index contributed by atoms with van der Waals surface area (Å²) < 4.78 is 0. The van der Waals surface area contributed by atoms with E-state index >= 15 is 0 Å². The summed E-state index contributed by atoms with van der Waals surface area (Å²) in [6, 6.07) is 18.3. The first kappa shape index (κ1) is 17.7. The zero-order valence-electron chi connectivity index (χ0n) is 14.0. The molecular weight excluding hydrogens is 300 g/mol. The first-order valence-electron chi connectivity index (χ1n) is 8.38. The van der Waals surface area contributed by atoms with Crippen molar-refractivity contribution in [2.24, 2.45) is 0 Å². The van der Waals surface area contributed by atoms with E-state index in [-0.39, 0.29) is 24.3 Å². The topological polar surface area (TPSA) is 58.2 Å². The molecule has 24 heavy (non-hydrogen) atoms.